The minimum Gasteiger partial charge on any atom is -0.314 e. The van der Waals surface area contributed by atoms with Gasteiger partial charge in [0.15, 0.2) is 0 Å². The molecule has 24 heavy (non-hydrogen) atoms. The highest BCUT2D eigenvalue weighted by Gasteiger charge is 2.29. The second kappa shape index (κ2) is 7.82. The van der Waals surface area contributed by atoms with Crippen molar-refractivity contribution in [1.29, 1.82) is 0 Å². The van der Waals surface area contributed by atoms with Crippen LogP contribution in [0.2, 0.25) is 5.02 Å². The summed E-state index contributed by atoms with van der Waals surface area (Å²) in [5, 5.41) is 4.13. The Morgan fingerprint density at radius 1 is 1.17 bits per heavy atom. The highest BCUT2D eigenvalue weighted by Crippen LogP contribution is 2.25. The van der Waals surface area contributed by atoms with Crippen LogP contribution in [0.15, 0.2) is 54.6 Å². The maximum absolute atomic E-state index is 13.2. The molecule has 1 amide bonds. The molecule has 2 aromatic carbocycles. The third-order valence-electron chi connectivity index (χ3n) is 4.56. The number of anilines is 1. The first-order chi connectivity index (χ1) is 11.6. The summed E-state index contributed by atoms with van der Waals surface area (Å²) in [5.41, 5.74) is 2.03. The summed E-state index contributed by atoms with van der Waals surface area (Å²) in [7, 11) is 0. The number of nitrogens with zero attached hydrogens (tertiary/aromatic N) is 1. The van der Waals surface area contributed by atoms with Crippen LogP contribution in [0, 0.1) is 5.92 Å². The highest BCUT2D eigenvalue weighted by atomic mass is 35.5. The van der Waals surface area contributed by atoms with E-state index >= 15 is 0 Å². The normalized spacial score (nSPS) is 20.6. The topological polar surface area (TPSA) is 32.3 Å². The number of nitrogens with one attached hydrogen (secondary N) is 1. The number of halogens is 1. The van der Waals surface area contributed by atoms with Gasteiger partial charge in [0.05, 0.1) is 6.54 Å². The van der Waals surface area contributed by atoms with Gasteiger partial charge in [-0.1, -0.05) is 41.9 Å². The Balaban J connectivity index is 1.84. The van der Waals surface area contributed by atoms with Crippen molar-refractivity contribution in [3.05, 3.63) is 65.2 Å². The lowest BCUT2D eigenvalue weighted by atomic mass is 9.91. The first-order valence-corrected chi connectivity index (χ1v) is 8.85. The molecular weight excluding hydrogens is 320 g/mol. The van der Waals surface area contributed by atoms with Gasteiger partial charge in [0.1, 0.15) is 0 Å². The minimum absolute atomic E-state index is 0.0776. The molecule has 1 saturated heterocycles. The van der Waals surface area contributed by atoms with E-state index in [0.717, 1.165) is 30.6 Å². The van der Waals surface area contributed by atoms with Crippen molar-refractivity contribution in [3.8, 4) is 0 Å². The number of benzene rings is 2. The summed E-state index contributed by atoms with van der Waals surface area (Å²) in [4.78, 5) is 15.1. The van der Waals surface area contributed by atoms with Crippen molar-refractivity contribution in [3.63, 3.8) is 0 Å². The van der Waals surface area contributed by atoms with E-state index in [0.29, 0.717) is 17.6 Å². The van der Waals surface area contributed by atoms with Crippen LogP contribution in [-0.4, -0.2) is 18.5 Å². The molecule has 1 aliphatic rings. The molecule has 2 aromatic rings. The maximum Gasteiger partial charge on any atom is 0.230 e. The molecule has 1 N–H and O–H groups in total. The molecule has 4 heteroatoms. The quantitative estimate of drug-likeness (QED) is 0.900. The number of hydrogen-bond acceptors (Lipinski definition) is 2. The summed E-state index contributed by atoms with van der Waals surface area (Å²) < 4.78 is 0. The van der Waals surface area contributed by atoms with E-state index < -0.39 is 0 Å². The Kier molecular flexibility index (Phi) is 5.54. The summed E-state index contributed by atoms with van der Waals surface area (Å²) >= 11 is 5.98. The van der Waals surface area contributed by atoms with Gasteiger partial charge >= 0.3 is 0 Å². The fourth-order valence-electron chi connectivity index (χ4n) is 3.25. The molecule has 0 saturated carbocycles. The van der Waals surface area contributed by atoms with E-state index in [1.165, 1.54) is 0 Å². The number of hydrogen-bond donors (Lipinski definition) is 1. The molecular formula is C20H23ClN2O. The minimum atomic E-state index is 0.0776. The smallest absolute Gasteiger partial charge is 0.230 e. The van der Waals surface area contributed by atoms with Crippen LogP contribution in [0.4, 0.5) is 5.69 Å². The number of rotatable bonds is 4. The molecule has 0 aromatic heterocycles. The second-order valence-corrected chi connectivity index (χ2v) is 6.90. The number of carbonyl (C=O) groups excluding carboxylic acids is 1. The van der Waals surface area contributed by atoms with Gasteiger partial charge in [0, 0.05) is 22.7 Å². The van der Waals surface area contributed by atoms with Crippen molar-refractivity contribution >= 4 is 23.2 Å². The highest BCUT2D eigenvalue weighted by molar-refractivity contribution is 6.30. The van der Waals surface area contributed by atoms with E-state index in [1.807, 2.05) is 59.5 Å². The molecule has 0 unspecified atom stereocenters. The van der Waals surface area contributed by atoms with Crippen LogP contribution in [0.3, 0.4) is 0 Å². The summed E-state index contributed by atoms with van der Waals surface area (Å²) in [6.45, 7) is 3.62. The van der Waals surface area contributed by atoms with Gasteiger partial charge < -0.3 is 10.2 Å². The zero-order valence-electron chi connectivity index (χ0n) is 13.9. The Morgan fingerprint density at radius 3 is 2.54 bits per heavy atom. The van der Waals surface area contributed by atoms with E-state index in [1.54, 1.807) is 0 Å². The summed E-state index contributed by atoms with van der Waals surface area (Å²) in [6, 6.07) is 18.0. The number of amides is 1. The van der Waals surface area contributed by atoms with Gasteiger partial charge in [-0.15, -0.1) is 0 Å². The zero-order valence-corrected chi connectivity index (χ0v) is 14.7. The van der Waals surface area contributed by atoms with Gasteiger partial charge in [0.25, 0.3) is 0 Å². The van der Waals surface area contributed by atoms with Gasteiger partial charge in [-0.25, -0.2) is 0 Å². The van der Waals surface area contributed by atoms with E-state index in [-0.39, 0.29) is 11.8 Å². The standard InChI is InChI=1S/C20H23ClN2O/c1-15-13-17(11-12-22-15)20(24)23(19-5-3-2-4-6-19)14-16-7-9-18(21)10-8-16/h2-10,15,17,22H,11-14H2,1H3/t15-,17-/m0/s1. The Bertz CT molecular complexity index is 672. The average molecular weight is 343 g/mol. The number of piperidine rings is 1. The van der Waals surface area contributed by atoms with E-state index in [4.69, 9.17) is 11.6 Å². The average Bonchev–Trinajstić information content (AvgIpc) is 2.61. The fourth-order valence-corrected chi connectivity index (χ4v) is 3.38. The lowest BCUT2D eigenvalue weighted by Gasteiger charge is -2.32. The van der Waals surface area contributed by atoms with Gasteiger partial charge in [0.2, 0.25) is 5.91 Å². The van der Waals surface area contributed by atoms with Crippen molar-refractivity contribution in [2.45, 2.75) is 32.4 Å². The van der Waals surface area contributed by atoms with Crippen LogP contribution in [0.5, 0.6) is 0 Å². The van der Waals surface area contributed by atoms with Gasteiger partial charge in [-0.05, 0) is 56.1 Å². The molecule has 126 valence electrons. The van der Waals surface area contributed by atoms with Crippen molar-refractivity contribution in [2.75, 3.05) is 11.4 Å². The second-order valence-electron chi connectivity index (χ2n) is 6.46. The van der Waals surface area contributed by atoms with Crippen LogP contribution >= 0.6 is 11.6 Å². The van der Waals surface area contributed by atoms with Crippen molar-refractivity contribution in [1.82, 2.24) is 5.32 Å². The van der Waals surface area contributed by atoms with Crippen LogP contribution < -0.4 is 10.2 Å². The number of para-hydroxylation sites is 1. The molecule has 0 aliphatic carbocycles. The monoisotopic (exact) mass is 342 g/mol. The van der Waals surface area contributed by atoms with E-state index in [2.05, 4.69) is 12.2 Å². The summed E-state index contributed by atoms with van der Waals surface area (Å²) in [6.07, 6.45) is 1.79. The van der Waals surface area contributed by atoms with E-state index in [9.17, 15) is 4.79 Å². The lowest BCUT2D eigenvalue weighted by Crippen LogP contribution is -2.44. The predicted molar refractivity (Wildman–Crippen MR) is 99.3 cm³/mol. The van der Waals surface area contributed by atoms with Crippen LogP contribution in [-0.2, 0) is 11.3 Å². The Labute approximate surface area is 148 Å². The molecule has 1 heterocycles. The lowest BCUT2D eigenvalue weighted by molar-refractivity contribution is -0.123. The number of carbonyl (C=O) groups is 1. The third kappa shape index (κ3) is 4.16. The Hall–Kier alpha value is -1.84. The largest absolute Gasteiger partial charge is 0.314 e. The third-order valence-corrected chi connectivity index (χ3v) is 4.81. The van der Waals surface area contributed by atoms with Crippen molar-refractivity contribution in [2.24, 2.45) is 5.92 Å². The molecule has 0 bridgehead atoms. The molecule has 3 rings (SSSR count). The van der Waals surface area contributed by atoms with Gasteiger partial charge in [-0.2, -0.15) is 0 Å². The molecule has 0 radical (unpaired) electrons. The SMILES string of the molecule is C[C@H]1C[C@@H](C(=O)N(Cc2ccc(Cl)cc2)c2ccccc2)CCN1. The first-order valence-electron chi connectivity index (χ1n) is 8.48. The molecule has 3 nitrogen and oxygen atoms in total. The molecule has 0 spiro atoms. The molecule has 1 fully saturated rings. The first kappa shape index (κ1) is 17.0. The van der Waals surface area contributed by atoms with Crippen molar-refractivity contribution < 1.29 is 4.79 Å². The summed E-state index contributed by atoms with van der Waals surface area (Å²) in [5.74, 6) is 0.290. The van der Waals surface area contributed by atoms with Crippen LogP contribution in [0.1, 0.15) is 25.3 Å². The predicted octanol–water partition coefficient (Wildman–Crippen LogP) is 4.26. The van der Waals surface area contributed by atoms with Gasteiger partial charge in [-0.3, -0.25) is 4.79 Å². The fraction of sp³-hybridized carbons (Fsp3) is 0.350. The molecule has 1 aliphatic heterocycles. The molecule has 2 atom stereocenters. The Morgan fingerprint density at radius 2 is 1.88 bits per heavy atom. The van der Waals surface area contributed by atoms with Crippen LogP contribution in [0.25, 0.3) is 0 Å². The zero-order chi connectivity index (χ0) is 16.9. The maximum atomic E-state index is 13.2.